The first-order chi connectivity index (χ1) is 9.99. The molecule has 1 aromatic rings. The van der Waals surface area contributed by atoms with Gasteiger partial charge in [-0.2, -0.15) is 0 Å². The van der Waals surface area contributed by atoms with Gasteiger partial charge in [0.05, 0.1) is 11.7 Å². The predicted molar refractivity (Wildman–Crippen MR) is 78.1 cm³/mol. The average Bonchev–Trinajstić information content (AvgIpc) is 2.93. The highest BCUT2D eigenvalue weighted by Gasteiger charge is 2.28. The molecular weight excluding hydrogens is 292 g/mol. The van der Waals surface area contributed by atoms with Crippen molar-refractivity contribution in [2.45, 2.75) is 37.9 Å². The first kappa shape index (κ1) is 15.8. The number of amides is 1. The van der Waals surface area contributed by atoms with E-state index in [2.05, 4.69) is 10.2 Å². The molecular formula is C13H20N4O3S. The maximum absolute atomic E-state index is 12.2. The topological polar surface area (TPSA) is 88.3 Å². The maximum Gasteiger partial charge on any atom is 0.308 e. The Balaban J connectivity index is 1.89. The van der Waals surface area contributed by atoms with Crippen LogP contribution < -0.4 is 0 Å². The number of piperidine rings is 1. The number of thioether (sulfide) groups is 1. The molecule has 1 atom stereocenters. The molecule has 21 heavy (non-hydrogen) atoms. The highest BCUT2D eigenvalue weighted by atomic mass is 32.2. The molecule has 2 heterocycles. The number of aromatic nitrogens is 3. The molecule has 0 aromatic carbocycles. The molecule has 1 aromatic heterocycles. The number of rotatable bonds is 5. The second-order valence-corrected chi connectivity index (χ2v) is 6.36. The number of nitrogens with zero attached hydrogens (tertiary/aromatic N) is 4. The smallest absolute Gasteiger partial charge is 0.308 e. The molecule has 116 valence electrons. The number of carbonyl (C=O) groups excluding carboxylic acids is 1. The fourth-order valence-electron chi connectivity index (χ4n) is 2.31. The minimum absolute atomic E-state index is 0.0377. The van der Waals surface area contributed by atoms with E-state index in [0.29, 0.717) is 24.7 Å². The second-order valence-electron chi connectivity index (χ2n) is 5.42. The Hall–Kier alpha value is -1.57. The van der Waals surface area contributed by atoms with Gasteiger partial charge in [0.15, 0.2) is 5.16 Å². The number of carboxylic acids is 1. The number of hydrogen-bond donors (Lipinski definition) is 1. The summed E-state index contributed by atoms with van der Waals surface area (Å²) in [4.78, 5) is 24.9. The summed E-state index contributed by atoms with van der Waals surface area (Å²) in [7, 11) is 0. The van der Waals surface area contributed by atoms with E-state index in [-0.39, 0.29) is 17.7 Å². The zero-order valence-corrected chi connectivity index (χ0v) is 13.0. The summed E-state index contributed by atoms with van der Waals surface area (Å²) in [5, 5.41) is 17.6. The van der Waals surface area contributed by atoms with Crippen molar-refractivity contribution in [1.29, 1.82) is 0 Å². The number of aliphatic carboxylic acids is 1. The van der Waals surface area contributed by atoms with Crippen molar-refractivity contribution in [2.24, 2.45) is 5.92 Å². The number of carbonyl (C=O) groups is 2. The molecule has 1 aliphatic rings. The Bertz CT molecular complexity index is 517. The largest absolute Gasteiger partial charge is 0.481 e. The Morgan fingerprint density at radius 2 is 2.29 bits per heavy atom. The monoisotopic (exact) mass is 312 g/mol. The molecule has 0 radical (unpaired) electrons. The van der Waals surface area contributed by atoms with E-state index in [9.17, 15) is 9.59 Å². The highest BCUT2D eigenvalue weighted by Crippen LogP contribution is 2.21. The molecule has 1 amide bonds. The summed E-state index contributed by atoms with van der Waals surface area (Å²) in [5.41, 5.74) is 0. The van der Waals surface area contributed by atoms with E-state index in [1.165, 1.54) is 11.8 Å². The summed E-state index contributed by atoms with van der Waals surface area (Å²) in [6.07, 6.45) is 3.04. The summed E-state index contributed by atoms with van der Waals surface area (Å²) in [5.74, 6) is -1.03. The van der Waals surface area contributed by atoms with Crippen LogP contribution in [-0.4, -0.2) is 55.5 Å². The zero-order valence-electron chi connectivity index (χ0n) is 12.2. The maximum atomic E-state index is 12.2. The Labute approximate surface area is 127 Å². The van der Waals surface area contributed by atoms with Gasteiger partial charge in [-0.1, -0.05) is 11.8 Å². The summed E-state index contributed by atoms with van der Waals surface area (Å²) < 4.78 is 1.91. The average molecular weight is 312 g/mol. The van der Waals surface area contributed by atoms with Crippen LogP contribution in [0.5, 0.6) is 0 Å². The third-order valence-corrected chi connectivity index (χ3v) is 4.49. The van der Waals surface area contributed by atoms with Crippen LogP contribution in [0.15, 0.2) is 11.5 Å². The summed E-state index contributed by atoms with van der Waals surface area (Å²) >= 11 is 1.34. The normalized spacial score (nSPS) is 19.0. The van der Waals surface area contributed by atoms with E-state index >= 15 is 0 Å². The molecule has 8 heteroatoms. The van der Waals surface area contributed by atoms with Gasteiger partial charge in [0.25, 0.3) is 0 Å². The lowest BCUT2D eigenvalue weighted by atomic mass is 9.98. The fourth-order valence-corrected chi connectivity index (χ4v) is 3.26. The van der Waals surface area contributed by atoms with E-state index in [0.717, 1.165) is 6.42 Å². The Morgan fingerprint density at radius 3 is 2.95 bits per heavy atom. The minimum Gasteiger partial charge on any atom is -0.481 e. The van der Waals surface area contributed by atoms with Crippen molar-refractivity contribution in [1.82, 2.24) is 19.7 Å². The van der Waals surface area contributed by atoms with Crippen LogP contribution in [-0.2, 0) is 9.59 Å². The molecule has 1 saturated heterocycles. The van der Waals surface area contributed by atoms with Crippen LogP contribution >= 0.6 is 11.8 Å². The fraction of sp³-hybridized carbons (Fsp3) is 0.692. The molecule has 1 aliphatic heterocycles. The Kier molecular flexibility index (Phi) is 5.22. The molecule has 1 fully saturated rings. The van der Waals surface area contributed by atoms with Gasteiger partial charge in [0, 0.05) is 19.1 Å². The van der Waals surface area contributed by atoms with Gasteiger partial charge < -0.3 is 14.6 Å². The van der Waals surface area contributed by atoms with Crippen molar-refractivity contribution in [3.05, 3.63) is 6.33 Å². The number of likely N-dealkylation sites (tertiary alicyclic amines) is 1. The zero-order chi connectivity index (χ0) is 15.4. The second kappa shape index (κ2) is 6.93. The molecule has 2 rings (SSSR count). The lowest BCUT2D eigenvalue weighted by Gasteiger charge is -2.30. The lowest BCUT2D eigenvalue weighted by Crippen LogP contribution is -2.43. The van der Waals surface area contributed by atoms with E-state index in [1.807, 2.05) is 18.4 Å². The van der Waals surface area contributed by atoms with Crippen molar-refractivity contribution in [3.8, 4) is 0 Å². The van der Waals surface area contributed by atoms with Crippen molar-refractivity contribution in [2.75, 3.05) is 18.8 Å². The van der Waals surface area contributed by atoms with Crippen LogP contribution in [0.2, 0.25) is 0 Å². The lowest BCUT2D eigenvalue weighted by molar-refractivity contribution is -0.145. The molecule has 0 saturated carbocycles. The van der Waals surface area contributed by atoms with Crippen LogP contribution in [0, 0.1) is 5.92 Å². The predicted octanol–water partition coefficient (Wildman–Crippen LogP) is 1.27. The first-order valence-corrected chi connectivity index (χ1v) is 8.00. The number of hydrogen-bond acceptors (Lipinski definition) is 5. The van der Waals surface area contributed by atoms with Crippen LogP contribution in [0.4, 0.5) is 0 Å². The van der Waals surface area contributed by atoms with Crippen molar-refractivity contribution >= 4 is 23.6 Å². The van der Waals surface area contributed by atoms with Gasteiger partial charge in [-0.05, 0) is 26.7 Å². The van der Waals surface area contributed by atoms with E-state index in [1.54, 1.807) is 11.2 Å². The van der Waals surface area contributed by atoms with Gasteiger partial charge in [0.1, 0.15) is 6.33 Å². The summed E-state index contributed by atoms with van der Waals surface area (Å²) in [6, 6.07) is 0.240. The molecule has 0 spiro atoms. The van der Waals surface area contributed by atoms with Gasteiger partial charge in [-0.3, -0.25) is 9.59 Å². The first-order valence-electron chi connectivity index (χ1n) is 7.02. The molecule has 1 N–H and O–H groups in total. The SMILES string of the molecule is CC(C)n1cnnc1SCC(=O)N1CCC[C@@H](C(=O)O)C1. The number of carboxylic acid groups (broad SMARTS) is 1. The highest BCUT2D eigenvalue weighted by molar-refractivity contribution is 7.99. The van der Waals surface area contributed by atoms with E-state index < -0.39 is 11.9 Å². The van der Waals surface area contributed by atoms with Crippen LogP contribution in [0.25, 0.3) is 0 Å². The van der Waals surface area contributed by atoms with Gasteiger partial charge in [0.2, 0.25) is 5.91 Å². The third kappa shape index (κ3) is 3.96. The molecule has 0 unspecified atom stereocenters. The van der Waals surface area contributed by atoms with Crippen molar-refractivity contribution < 1.29 is 14.7 Å². The van der Waals surface area contributed by atoms with Crippen molar-refractivity contribution in [3.63, 3.8) is 0 Å². The van der Waals surface area contributed by atoms with Gasteiger partial charge >= 0.3 is 5.97 Å². The summed E-state index contributed by atoms with van der Waals surface area (Å²) in [6.45, 7) is 5.00. The Morgan fingerprint density at radius 1 is 1.52 bits per heavy atom. The van der Waals surface area contributed by atoms with Crippen LogP contribution in [0.1, 0.15) is 32.7 Å². The third-order valence-electron chi connectivity index (χ3n) is 3.54. The van der Waals surface area contributed by atoms with E-state index in [4.69, 9.17) is 5.11 Å². The van der Waals surface area contributed by atoms with Crippen LogP contribution in [0.3, 0.4) is 0 Å². The molecule has 0 aliphatic carbocycles. The quantitative estimate of drug-likeness (QED) is 0.824. The standard InChI is InChI=1S/C13H20N4O3S/c1-9(2)17-8-14-15-13(17)21-7-11(18)16-5-3-4-10(6-16)12(19)20/h8-10H,3-7H2,1-2H3,(H,19,20)/t10-/m1/s1. The van der Waals surface area contributed by atoms with Gasteiger partial charge in [-0.25, -0.2) is 0 Å². The minimum atomic E-state index is -0.820. The molecule has 7 nitrogen and oxygen atoms in total. The molecule has 0 bridgehead atoms. The van der Waals surface area contributed by atoms with Gasteiger partial charge in [-0.15, -0.1) is 10.2 Å².